The summed E-state index contributed by atoms with van der Waals surface area (Å²) >= 11 is 0. The Kier molecular flexibility index (Phi) is 5.78. The van der Waals surface area contributed by atoms with Gasteiger partial charge in [0.15, 0.2) is 0 Å². The van der Waals surface area contributed by atoms with Crippen LogP contribution in [0, 0.1) is 0 Å². The molecule has 8 rings (SSSR count). The highest BCUT2D eigenvalue weighted by molar-refractivity contribution is 6.93. The Morgan fingerprint density at radius 2 is 0.837 bits per heavy atom. The van der Waals surface area contributed by atoms with Gasteiger partial charge in [0.05, 0.1) is 22.1 Å². The molecule has 0 N–H and O–H groups in total. The predicted octanol–water partition coefficient (Wildman–Crippen LogP) is 10.2. The number of fused-ring (bicyclic) bond motifs is 6. The van der Waals surface area contributed by atoms with E-state index in [1.54, 1.807) is 0 Å². The minimum atomic E-state index is -1.65. The number of benzene rings is 6. The second-order valence-corrected chi connectivity index (χ2v) is 16.4. The maximum absolute atomic E-state index is 4.13. The first kappa shape index (κ1) is 25.6. The van der Waals surface area contributed by atoms with Gasteiger partial charge in [-0.1, -0.05) is 121 Å². The van der Waals surface area contributed by atoms with Crippen molar-refractivity contribution in [3.05, 3.63) is 152 Å². The molecule has 3 heteroatoms. The Hall–Kier alpha value is -5.12. The van der Waals surface area contributed by atoms with Crippen molar-refractivity contribution in [2.45, 2.75) is 13.1 Å². The van der Waals surface area contributed by atoms with Crippen LogP contribution < -0.4 is 5.19 Å². The molecule has 0 amide bonds. The zero-order chi connectivity index (χ0) is 29.1. The van der Waals surface area contributed by atoms with Gasteiger partial charge in [-0.3, -0.25) is 0 Å². The summed E-state index contributed by atoms with van der Waals surface area (Å²) in [6.07, 6.45) is 0. The minimum Gasteiger partial charge on any atom is -0.309 e. The molecule has 2 nitrogen and oxygen atoms in total. The SMILES string of the molecule is C=C[Si](C)(C)c1ccc(-c2cc(-n3c4ccccc4c4ccccc43)cc(-n3c4ccccc4c4ccccc43)c2)cc1. The molecule has 0 radical (unpaired) electrons. The second kappa shape index (κ2) is 9.72. The monoisotopic (exact) mass is 568 g/mol. The van der Waals surface area contributed by atoms with Crippen molar-refractivity contribution < 1.29 is 0 Å². The Bertz CT molecular complexity index is 2100. The zero-order valence-electron chi connectivity index (χ0n) is 24.5. The summed E-state index contributed by atoms with van der Waals surface area (Å²) < 4.78 is 4.85. The average molecular weight is 569 g/mol. The third-order valence-electron chi connectivity index (χ3n) is 9.05. The van der Waals surface area contributed by atoms with E-state index in [9.17, 15) is 0 Å². The molecule has 0 fully saturated rings. The van der Waals surface area contributed by atoms with Gasteiger partial charge in [-0.05, 0) is 53.6 Å². The van der Waals surface area contributed by atoms with E-state index in [0.29, 0.717) is 0 Å². The van der Waals surface area contributed by atoms with Crippen molar-refractivity contribution in [3.8, 4) is 22.5 Å². The number of hydrogen-bond donors (Lipinski definition) is 0. The fourth-order valence-electron chi connectivity index (χ4n) is 6.63. The van der Waals surface area contributed by atoms with Crippen LogP contribution in [0.3, 0.4) is 0 Å². The number of para-hydroxylation sites is 4. The molecule has 0 spiro atoms. The van der Waals surface area contributed by atoms with Crippen LogP contribution >= 0.6 is 0 Å². The van der Waals surface area contributed by atoms with Crippen LogP contribution in [-0.4, -0.2) is 17.2 Å². The van der Waals surface area contributed by atoms with Crippen LogP contribution in [0.1, 0.15) is 0 Å². The Balaban J connectivity index is 1.45. The average Bonchev–Trinajstić information content (AvgIpc) is 3.58. The zero-order valence-corrected chi connectivity index (χ0v) is 25.5. The lowest BCUT2D eigenvalue weighted by molar-refractivity contribution is 1.13. The van der Waals surface area contributed by atoms with Crippen LogP contribution in [0.2, 0.25) is 13.1 Å². The Labute approximate surface area is 252 Å². The molecule has 2 aromatic heterocycles. The van der Waals surface area contributed by atoms with Crippen LogP contribution in [-0.2, 0) is 0 Å². The first-order valence-electron chi connectivity index (χ1n) is 14.9. The summed E-state index contributed by atoms with van der Waals surface area (Å²) in [5, 5.41) is 6.46. The summed E-state index contributed by atoms with van der Waals surface area (Å²) in [6, 6.07) is 51.2. The first-order valence-corrected chi connectivity index (χ1v) is 18.0. The van der Waals surface area contributed by atoms with Gasteiger partial charge < -0.3 is 9.13 Å². The highest BCUT2D eigenvalue weighted by Crippen LogP contribution is 2.37. The van der Waals surface area contributed by atoms with Crippen molar-refractivity contribution in [1.82, 2.24) is 9.13 Å². The lowest BCUT2D eigenvalue weighted by Gasteiger charge is -2.19. The van der Waals surface area contributed by atoms with E-state index in [2.05, 4.69) is 174 Å². The lowest BCUT2D eigenvalue weighted by Crippen LogP contribution is -2.38. The Morgan fingerprint density at radius 3 is 1.21 bits per heavy atom. The molecule has 43 heavy (non-hydrogen) atoms. The molecule has 0 bridgehead atoms. The van der Waals surface area contributed by atoms with E-state index in [0.717, 1.165) is 11.4 Å². The third kappa shape index (κ3) is 4.00. The van der Waals surface area contributed by atoms with Crippen LogP contribution in [0.4, 0.5) is 0 Å². The van der Waals surface area contributed by atoms with E-state index in [1.807, 2.05) is 0 Å². The smallest absolute Gasteiger partial charge is 0.103 e. The topological polar surface area (TPSA) is 9.86 Å². The molecule has 0 aliphatic heterocycles. The summed E-state index contributed by atoms with van der Waals surface area (Å²) in [6.45, 7) is 8.82. The number of hydrogen-bond acceptors (Lipinski definition) is 0. The molecule has 8 aromatic rings. The fraction of sp³-hybridized carbons (Fsp3) is 0.0500. The highest BCUT2D eigenvalue weighted by Gasteiger charge is 2.20. The molecule has 0 unspecified atom stereocenters. The minimum absolute atomic E-state index is 1.15. The summed E-state index contributed by atoms with van der Waals surface area (Å²) in [4.78, 5) is 0. The van der Waals surface area contributed by atoms with Gasteiger partial charge in [0.1, 0.15) is 8.07 Å². The number of nitrogens with zero attached hydrogens (tertiary/aromatic N) is 2. The number of aromatic nitrogens is 2. The molecule has 0 atom stereocenters. The van der Waals surface area contributed by atoms with Crippen molar-refractivity contribution in [2.24, 2.45) is 0 Å². The van der Waals surface area contributed by atoms with E-state index in [4.69, 9.17) is 0 Å². The van der Waals surface area contributed by atoms with Gasteiger partial charge in [-0.2, -0.15) is 0 Å². The van der Waals surface area contributed by atoms with E-state index in [-0.39, 0.29) is 0 Å². The molecule has 2 heterocycles. The maximum atomic E-state index is 4.13. The molecule has 0 aliphatic rings. The van der Waals surface area contributed by atoms with Gasteiger partial charge in [0.2, 0.25) is 0 Å². The van der Waals surface area contributed by atoms with Crippen molar-refractivity contribution in [2.75, 3.05) is 0 Å². The standard InChI is InChI=1S/C40H32N2Si/c1-4-43(2,3)32-23-21-28(22-24-32)29-25-30(41-37-17-9-5-13-33(37)34-14-6-10-18-38(34)41)27-31(26-29)42-39-19-11-7-15-35(39)36-16-8-12-20-40(36)42/h4-27H,1H2,2-3H3. The van der Waals surface area contributed by atoms with Crippen LogP contribution in [0.5, 0.6) is 0 Å². The van der Waals surface area contributed by atoms with Crippen molar-refractivity contribution in [3.63, 3.8) is 0 Å². The van der Waals surface area contributed by atoms with Gasteiger partial charge in [-0.25, -0.2) is 0 Å². The van der Waals surface area contributed by atoms with Gasteiger partial charge in [0, 0.05) is 32.9 Å². The van der Waals surface area contributed by atoms with Crippen LogP contribution in [0.15, 0.2) is 152 Å². The van der Waals surface area contributed by atoms with Crippen molar-refractivity contribution >= 4 is 56.9 Å². The van der Waals surface area contributed by atoms with E-state index >= 15 is 0 Å². The molecule has 0 saturated heterocycles. The third-order valence-corrected chi connectivity index (χ3v) is 11.9. The Morgan fingerprint density at radius 1 is 0.465 bits per heavy atom. The van der Waals surface area contributed by atoms with Gasteiger partial charge in [-0.15, -0.1) is 6.58 Å². The predicted molar refractivity (Wildman–Crippen MR) is 188 cm³/mol. The van der Waals surface area contributed by atoms with Crippen LogP contribution in [0.25, 0.3) is 66.1 Å². The second-order valence-electron chi connectivity index (χ2n) is 12.0. The lowest BCUT2D eigenvalue weighted by atomic mass is 10.0. The normalized spacial score (nSPS) is 12.0. The quantitative estimate of drug-likeness (QED) is 0.183. The number of rotatable bonds is 5. The highest BCUT2D eigenvalue weighted by atomic mass is 28.3. The van der Waals surface area contributed by atoms with E-state index < -0.39 is 8.07 Å². The molecule has 6 aromatic carbocycles. The molecule has 0 saturated carbocycles. The fourth-order valence-corrected chi connectivity index (χ4v) is 7.89. The van der Waals surface area contributed by atoms with Gasteiger partial charge in [0.25, 0.3) is 0 Å². The van der Waals surface area contributed by atoms with Crippen molar-refractivity contribution in [1.29, 1.82) is 0 Å². The molecule has 0 aliphatic carbocycles. The summed E-state index contributed by atoms with van der Waals surface area (Å²) in [7, 11) is -1.65. The summed E-state index contributed by atoms with van der Waals surface area (Å²) in [5.74, 6) is 0. The molecular weight excluding hydrogens is 537 g/mol. The van der Waals surface area contributed by atoms with Gasteiger partial charge >= 0.3 is 0 Å². The maximum Gasteiger partial charge on any atom is 0.103 e. The largest absolute Gasteiger partial charge is 0.309 e. The molecule has 206 valence electrons. The first-order chi connectivity index (χ1) is 21.0. The summed E-state index contributed by atoms with van der Waals surface area (Å²) in [5.41, 5.74) is 11.7. The van der Waals surface area contributed by atoms with E-state index in [1.165, 1.54) is 59.9 Å². The molecular formula is C40H32N2Si.